The normalized spacial score (nSPS) is 19.1. The molecule has 0 spiro atoms. The van der Waals surface area contributed by atoms with Crippen molar-refractivity contribution in [3.63, 3.8) is 0 Å². The number of pyridine rings is 1. The third-order valence-electron chi connectivity index (χ3n) is 8.41. The van der Waals surface area contributed by atoms with Crippen LogP contribution in [0.2, 0.25) is 0 Å². The molecule has 0 saturated carbocycles. The summed E-state index contributed by atoms with van der Waals surface area (Å²) in [5, 5.41) is 19.7. The van der Waals surface area contributed by atoms with E-state index >= 15 is 0 Å². The van der Waals surface area contributed by atoms with Gasteiger partial charge in [0, 0.05) is 43.2 Å². The van der Waals surface area contributed by atoms with E-state index < -0.39 is 12.0 Å². The van der Waals surface area contributed by atoms with Gasteiger partial charge in [-0.2, -0.15) is 5.10 Å². The predicted octanol–water partition coefficient (Wildman–Crippen LogP) is 6.09. The lowest BCUT2D eigenvalue weighted by Crippen LogP contribution is -2.50. The number of anilines is 1. The van der Waals surface area contributed by atoms with E-state index in [0.29, 0.717) is 12.0 Å². The van der Waals surface area contributed by atoms with Crippen molar-refractivity contribution in [2.45, 2.75) is 89.6 Å². The predicted molar refractivity (Wildman–Crippen MR) is 153 cm³/mol. The minimum absolute atomic E-state index is 0.162. The van der Waals surface area contributed by atoms with E-state index in [1.54, 1.807) is 0 Å². The fourth-order valence-corrected chi connectivity index (χ4v) is 6.34. The zero-order chi connectivity index (χ0) is 26.9. The average molecular weight is 518 g/mol. The molecular formula is C31H43N5O2. The van der Waals surface area contributed by atoms with E-state index in [-0.39, 0.29) is 5.41 Å². The molecule has 1 aromatic carbocycles. The van der Waals surface area contributed by atoms with Crippen LogP contribution in [0.1, 0.15) is 88.6 Å². The van der Waals surface area contributed by atoms with Crippen LogP contribution in [-0.4, -0.2) is 49.9 Å². The van der Waals surface area contributed by atoms with Crippen LogP contribution in [0.4, 0.5) is 5.82 Å². The summed E-state index contributed by atoms with van der Waals surface area (Å²) in [5.41, 5.74) is 4.03. The fourth-order valence-electron chi connectivity index (χ4n) is 6.34. The van der Waals surface area contributed by atoms with Crippen molar-refractivity contribution < 1.29 is 9.90 Å². The summed E-state index contributed by atoms with van der Waals surface area (Å²) in [6, 6.07) is 10.1. The maximum absolute atomic E-state index is 12.5. The summed E-state index contributed by atoms with van der Waals surface area (Å²) < 4.78 is 1.89. The number of nitrogens with one attached hydrogen (secondary N) is 1. The van der Waals surface area contributed by atoms with Crippen LogP contribution >= 0.6 is 0 Å². The number of aromatic nitrogens is 3. The molecular weight excluding hydrogens is 474 g/mol. The Balaban J connectivity index is 1.09. The van der Waals surface area contributed by atoms with Gasteiger partial charge >= 0.3 is 5.97 Å². The Bertz CT molecular complexity index is 1270. The monoisotopic (exact) mass is 517 g/mol. The van der Waals surface area contributed by atoms with Gasteiger partial charge in [0.2, 0.25) is 0 Å². The third kappa shape index (κ3) is 5.58. The van der Waals surface area contributed by atoms with Crippen molar-refractivity contribution in [3.8, 4) is 0 Å². The second-order valence-electron chi connectivity index (χ2n) is 12.4. The number of aliphatic carboxylic acids is 1. The van der Waals surface area contributed by atoms with E-state index in [2.05, 4.69) is 42.0 Å². The number of hydrogen-bond donors (Lipinski definition) is 2. The van der Waals surface area contributed by atoms with Gasteiger partial charge in [0.15, 0.2) is 0 Å². The molecule has 2 N–H and O–H groups in total. The van der Waals surface area contributed by atoms with E-state index in [0.717, 1.165) is 47.5 Å². The molecule has 5 rings (SSSR count). The van der Waals surface area contributed by atoms with E-state index in [1.165, 1.54) is 50.5 Å². The number of likely N-dealkylation sites (tertiary alicyclic amines) is 1. The summed E-state index contributed by atoms with van der Waals surface area (Å²) in [7, 11) is 1.94. The molecule has 2 unspecified atom stereocenters. The molecule has 1 fully saturated rings. The standard InChI is InChI=1S/C31H43N5O2/c1-31(2,3)28-26-24(14-9-15-25(26)35(4)34-28)27(30(37)38)36-19-21(20-36)11-7-5-6-8-13-23-17-16-22-12-10-18-32-29(22)33-23/h9-10,12,14-15,18,21,23,27H,5-8,11,13,16-17,19-20H2,1-4H3,(H,32,33)(H,37,38). The van der Waals surface area contributed by atoms with E-state index in [4.69, 9.17) is 5.10 Å². The third-order valence-corrected chi connectivity index (χ3v) is 8.41. The molecule has 0 amide bonds. The molecule has 0 bridgehead atoms. The number of benzene rings is 1. The molecule has 3 aromatic rings. The Morgan fingerprint density at radius 2 is 1.87 bits per heavy atom. The molecule has 2 aliphatic heterocycles. The Morgan fingerprint density at radius 1 is 1.11 bits per heavy atom. The molecule has 2 atom stereocenters. The first-order valence-electron chi connectivity index (χ1n) is 14.4. The van der Waals surface area contributed by atoms with Gasteiger partial charge in [-0.3, -0.25) is 14.4 Å². The molecule has 2 aromatic heterocycles. The number of carboxylic acid groups (broad SMARTS) is 1. The van der Waals surface area contributed by atoms with E-state index in [9.17, 15) is 9.90 Å². The molecule has 38 heavy (non-hydrogen) atoms. The van der Waals surface area contributed by atoms with Crippen LogP contribution in [-0.2, 0) is 23.7 Å². The Kier molecular flexibility index (Phi) is 7.75. The lowest BCUT2D eigenvalue weighted by atomic mass is 9.85. The van der Waals surface area contributed by atoms with Crippen LogP contribution in [0.15, 0.2) is 36.5 Å². The number of aryl methyl sites for hydroxylation is 2. The summed E-state index contributed by atoms with van der Waals surface area (Å²) in [6.45, 7) is 8.14. The van der Waals surface area contributed by atoms with Crippen LogP contribution in [0.25, 0.3) is 10.9 Å². The summed E-state index contributed by atoms with van der Waals surface area (Å²) >= 11 is 0. The first kappa shape index (κ1) is 26.7. The molecule has 4 heterocycles. The van der Waals surface area contributed by atoms with Crippen LogP contribution in [0.5, 0.6) is 0 Å². The Hall–Kier alpha value is -2.93. The highest BCUT2D eigenvalue weighted by Crippen LogP contribution is 2.38. The second kappa shape index (κ2) is 11.0. The van der Waals surface area contributed by atoms with Crippen molar-refractivity contribution >= 4 is 22.7 Å². The van der Waals surface area contributed by atoms with Crippen LogP contribution in [0.3, 0.4) is 0 Å². The average Bonchev–Trinajstić information content (AvgIpc) is 3.21. The van der Waals surface area contributed by atoms with Gasteiger partial charge in [0.25, 0.3) is 0 Å². The highest BCUT2D eigenvalue weighted by molar-refractivity contribution is 5.91. The quantitative estimate of drug-likeness (QED) is 0.317. The molecule has 204 valence electrons. The van der Waals surface area contributed by atoms with Gasteiger partial charge in [0.05, 0.1) is 11.2 Å². The Morgan fingerprint density at radius 3 is 2.61 bits per heavy atom. The van der Waals surface area contributed by atoms with Crippen LogP contribution < -0.4 is 5.32 Å². The molecule has 2 aliphatic rings. The highest BCUT2D eigenvalue weighted by atomic mass is 16.4. The minimum atomic E-state index is -0.770. The second-order valence-corrected chi connectivity index (χ2v) is 12.4. The minimum Gasteiger partial charge on any atom is -0.480 e. The van der Waals surface area contributed by atoms with Crippen molar-refractivity contribution in [2.75, 3.05) is 18.4 Å². The van der Waals surface area contributed by atoms with Crippen molar-refractivity contribution in [2.24, 2.45) is 13.0 Å². The van der Waals surface area contributed by atoms with Crippen molar-refractivity contribution in [3.05, 3.63) is 53.3 Å². The first-order chi connectivity index (χ1) is 18.2. The zero-order valence-electron chi connectivity index (χ0n) is 23.4. The van der Waals surface area contributed by atoms with Crippen molar-refractivity contribution in [1.82, 2.24) is 19.7 Å². The lowest BCUT2D eigenvalue weighted by Gasteiger charge is -2.43. The van der Waals surface area contributed by atoms with Gasteiger partial charge in [-0.25, -0.2) is 4.98 Å². The molecule has 1 saturated heterocycles. The zero-order valence-corrected chi connectivity index (χ0v) is 23.4. The molecule has 7 heteroatoms. The lowest BCUT2D eigenvalue weighted by molar-refractivity contribution is -0.146. The number of carbonyl (C=O) groups is 1. The number of fused-ring (bicyclic) bond motifs is 2. The van der Waals surface area contributed by atoms with Gasteiger partial charge < -0.3 is 10.4 Å². The van der Waals surface area contributed by atoms with Gasteiger partial charge in [-0.1, -0.05) is 64.7 Å². The van der Waals surface area contributed by atoms with Gasteiger partial charge in [0.1, 0.15) is 11.9 Å². The summed E-state index contributed by atoms with van der Waals surface area (Å²) in [4.78, 5) is 19.1. The number of unbranched alkanes of at least 4 members (excludes halogenated alkanes) is 3. The van der Waals surface area contributed by atoms with E-state index in [1.807, 2.05) is 42.2 Å². The largest absolute Gasteiger partial charge is 0.480 e. The maximum atomic E-state index is 12.5. The smallest absolute Gasteiger partial charge is 0.325 e. The summed E-state index contributed by atoms with van der Waals surface area (Å²) in [6.07, 6.45) is 11.6. The SMILES string of the molecule is Cn1nc(C(C)(C)C)c2c(C(C(=O)O)N3CC(CCCCCCC4CCc5cccnc5N4)C3)cccc21. The molecule has 7 nitrogen and oxygen atoms in total. The number of hydrogen-bond acceptors (Lipinski definition) is 5. The summed E-state index contributed by atoms with van der Waals surface area (Å²) in [5.74, 6) is 0.899. The van der Waals surface area contributed by atoms with Gasteiger partial charge in [-0.05, 0) is 54.9 Å². The number of rotatable bonds is 10. The number of nitrogens with zero attached hydrogens (tertiary/aromatic N) is 4. The number of carboxylic acids is 1. The van der Waals surface area contributed by atoms with Crippen molar-refractivity contribution in [1.29, 1.82) is 0 Å². The Labute approximate surface area is 226 Å². The topological polar surface area (TPSA) is 83.3 Å². The van der Waals surface area contributed by atoms with Crippen LogP contribution in [0, 0.1) is 5.92 Å². The first-order valence-corrected chi connectivity index (χ1v) is 14.4. The fraction of sp³-hybridized carbons (Fsp3) is 0.581. The highest BCUT2D eigenvalue weighted by Gasteiger charge is 2.38. The maximum Gasteiger partial charge on any atom is 0.325 e. The molecule has 0 aliphatic carbocycles. The van der Waals surface area contributed by atoms with Gasteiger partial charge in [-0.15, -0.1) is 0 Å². The molecule has 0 radical (unpaired) electrons.